The van der Waals surface area contributed by atoms with Crippen LogP contribution in [-0.4, -0.2) is 15.6 Å². The third-order valence-corrected chi connectivity index (χ3v) is 1.98. The van der Waals surface area contributed by atoms with Gasteiger partial charge in [-0.25, -0.2) is 4.79 Å². The number of carboxylic acid groups (broad SMARTS) is 1. The molecule has 3 heteroatoms. The molecule has 1 aromatic heterocycles. The Bertz CT molecular complexity index is 282. The Balaban J connectivity index is 3.01. The smallest absolute Gasteiger partial charge is 0.327 e. The first-order valence-electron chi connectivity index (χ1n) is 4.28. The van der Waals surface area contributed by atoms with E-state index in [1.807, 2.05) is 32.9 Å². The van der Waals surface area contributed by atoms with E-state index in [0.717, 1.165) is 0 Å². The molecule has 0 saturated heterocycles. The van der Waals surface area contributed by atoms with Gasteiger partial charge >= 0.3 is 5.97 Å². The van der Waals surface area contributed by atoms with Crippen molar-refractivity contribution in [2.75, 3.05) is 0 Å². The van der Waals surface area contributed by atoms with Crippen molar-refractivity contribution in [1.82, 2.24) is 4.57 Å². The van der Waals surface area contributed by atoms with E-state index in [-0.39, 0.29) is 5.41 Å². The summed E-state index contributed by atoms with van der Waals surface area (Å²) in [6, 6.07) is 3.17. The summed E-state index contributed by atoms with van der Waals surface area (Å²) >= 11 is 0. The van der Waals surface area contributed by atoms with Gasteiger partial charge in [0, 0.05) is 12.4 Å². The number of hydrogen-bond acceptors (Lipinski definition) is 1. The summed E-state index contributed by atoms with van der Waals surface area (Å²) in [5.41, 5.74) is -0.273. The number of carboxylic acids is 1. The maximum Gasteiger partial charge on any atom is 0.327 e. The van der Waals surface area contributed by atoms with E-state index in [2.05, 4.69) is 0 Å². The normalized spacial score (nSPS) is 14.1. The quantitative estimate of drug-likeness (QED) is 0.759. The monoisotopic (exact) mass is 181 g/mol. The van der Waals surface area contributed by atoms with Gasteiger partial charge < -0.3 is 9.67 Å². The van der Waals surface area contributed by atoms with Crippen LogP contribution < -0.4 is 0 Å². The minimum atomic E-state index is -0.788. The van der Waals surface area contributed by atoms with Crippen LogP contribution >= 0.6 is 0 Å². The predicted octanol–water partition coefficient (Wildman–Crippen LogP) is 2.16. The zero-order valence-corrected chi connectivity index (χ0v) is 8.19. The highest BCUT2D eigenvalue weighted by Crippen LogP contribution is 2.30. The van der Waals surface area contributed by atoms with Gasteiger partial charge in [0.15, 0.2) is 0 Å². The number of nitrogens with zero attached hydrogens (tertiary/aromatic N) is 1. The van der Waals surface area contributed by atoms with Gasteiger partial charge in [-0.05, 0) is 17.5 Å². The van der Waals surface area contributed by atoms with Gasteiger partial charge in [-0.3, -0.25) is 0 Å². The maximum absolute atomic E-state index is 11.0. The van der Waals surface area contributed by atoms with Gasteiger partial charge in [-0.15, -0.1) is 0 Å². The van der Waals surface area contributed by atoms with Crippen LogP contribution in [-0.2, 0) is 4.79 Å². The first kappa shape index (κ1) is 9.84. The highest BCUT2D eigenvalue weighted by Gasteiger charge is 2.31. The Morgan fingerprint density at radius 3 is 2.08 bits per heavy atom. The Morgan fingerprint density at radius 2 is 1.77 bits per heavy atom. The lowest BCUT2D eigenvalue weighted by Gasteiger charge is -2.28. The van der Waals surface area contributed by atoms with E-state index >= 15 is 0 Å². The van der Waals surface area contributed by atoms with Crippen LogP contribution in [0.3, 0.4) is 0 Å². The lowest BCUT2D eigenvalue weighted by Crippen LogP contribution is -2.30. The molecule has 0 aliphatic rings. The first-order valence-corrected chi connectivity index (χ1v) is 4.28. The fourth-order valence-corrected chi connectivity index (χ4v) is 1.47. The standard InChI is InChI=1S/C10H15NO2/c1-10(2,3)8(9(12)13)11-6-4-5-7-11/h4-8H,1-3H3,(H,12,13). The summed E-state index contributed by atoms with van der Waals surface area (Å²) in [5, 5.41) is 9.06. The van der Waals surface area contributed by atoms with E-state index in [1.165, 1.54) is 0 Å². The van der Waals surface area contributed by atoms with Gasteiger partial charge in [0.25, 0.3) is 0 Å². The molecule has 1 heterocycles. The van der Waals surface area contributed by atoms with Crippen molar-refractivity contribution in [1.29, 1.82) is 0 Å². The highest BCUT2D eigenvalue weighted by atomic mass is 16.4. The minimum Gasteiger partial charge on any atom is -0.480 e. The zero-order valence-electron chi connectivity index (χ0n) is 8.19. The average molecular weight is 181 g/mol. The van der Waals surface area contributed by atoms with E-state index in [1.54, 1.807) is 17.0 Å². The highest BCUT2D eigenvalue weighted by molar-refractivity contribution is 5.72. The summed E-state index contributed by atoms with van der Waals surface area (Å²) in [4.78, 5) is 11.0. The summed E-state index contributed by atoms with van der Waals surface area (Å²) < 4.78 is 1.72. The van der Waals surface area contributed by atoms with Gasteiger partial charge in [-0.2, -0.15) is 0 Å². The fourth-order valence-electron chi connectivity index (χ4n) is 1.47. The summed E-state index contributed by atoms with van der Waals surface area (Å²) in [5.74, 6) is -0.788. The molecule has 13 heavy (non-hydrogen) atoms. The molecule has 1 atom stereocenters. The summed E-state index contributed by atoms with van der Waals surface area (Å²) in [6.07, 6.45) is 3.56. The van der Waals surface area contributed by atoms with Crippen molar-refractivity contribution >= 4 is 5.97 Å². The minimum absolute atomic E-state index is 0.273. The molecule has 3 nitrogen and oxygen atoms in total. The van der Waals surface area contributed by atoms with E-state index in [4.69, 9.17) is 5.11 Å². The van der Waals surface area contributed by atoms with Gasteiger partial charge in [0.1, 0.15) is 6.04 Å². The Labute approximate surface area is 78.0 Å². The van der Waals surface area contributed by atoms with Crippen LogP contribution in [0.2, 0.25) is 0 Å². The van der Waals surface area contributed by atoms with Crippen LogP contribution in [0.5, 0.6) is 0 Å². The molecule has 0 bridgehead atoms. The second kappa shape index (κ2) is 3.24. The first-order chi connectivity index (χ1) is 5.93. The summed E-state index contributed by atoms with van der Waals surface area (Å²) in [6.45, 7) is 5.77. The van der Waals surface area contributed by atoms with Crippen LogP contribution in [0.25, 0.3) is 0 Å². The van der Waals surface area contributed by atoms with E-state index < -0.39 is 12.0 Å². The molecule has 0 spiro atoms. The van der Waals surface area contributed by atoms with Crippen molar-refractivity contribution in [3.63, 3.8) is 0 Å². The van der Waals surface area contributed by atoms with E-state index in [9.17, 15) is 4.79 Å². The molecule has 0 fully saturated rings. The molecular weight excluding hydrogens is 166 g/mol. The number of carbonyl (C=O) groups is 1. The lowest BCUT2D eigenvalue weighted by atomic mass is 9.86. The van der Waals surface area contributed by atoms with Crippen LogP contribution in [0.4, 0.5) is 0 Å². The number of rotatable bonds is 2. The molecule has 0 aromatic carbocycles. The molecule has 1 unspecified atom stereocenters. The largest absolute Gasteiger partial charge is 0.480 e. The lowest BCUT2D eigenvalue weighted by molar-refractivity contribution is -0.144. The van der Waals surface area contributed by atoms with E-state index in [0.29, 0.717) is 0 Å². The third-order valence-electron chi connectivity index (χ3n) is 1.98. The van der Waals surface area contributed by atoms with Crippen molar-refractivity contribution in [2.45, 2.75) is 26.8 Å². The van der Waals surface area contributed by atoms with Crippen molar-refractivity contribution in [3.8, 4) is 0 Å². The number of aliphatic carboxylic acids is 1. The fraction of sp³-hybridized carbons (Fsp3) is 0.500. The number of aromatic nitrogens is 1. The molecule has 1 N–H and O–H groups in total. The zero-order chi connectivity index (χ0) is 10.1. The second-order valence-corrected chi connectivity index (χ2v) is 4.24. The SMILES string of the molecule is CC(C)(C)C(C(=O)O)n1cccc1. The number of hydrogen-bond donors (Lipinski definition) is 1. The van der Waals surface area contributed by atoms with Crippen molar-refractivity contribution in [2.24, 2.45) is 5.41 Å². The van der Waals surface area contributed by atoms with Gasteiger partial charge in [-0.1, -0.05) is 20.8 Å². The Morgan fingerprint density at radius 1 is 1.31 bits per heavy atom. The topological polar surface area (TPSA) is 42.2 Å². The maximum atomic E-state index is 11.0. The predicted molar refractivity (Wildman–Crippen MR) is 50.6 cm³/mol. The van der Waals surface area contributed by atoms with Gasteiger partial charge in [0.2, 0.25) is 0 Å². The second-order valence-electron chi connectivity index (χ2n) is 4.24. The molecule has 0 radical (unpaired) electrons. The molecular formula is C10H15NO2. The van der Waals surface area contributed by atoms with Crippen molar-refractivity contribution < 1.29 is 9.90 Å². The van der Waals surface area contributed by atoms with Crippen LogP contribution in [0, 0.1) is 5.41 Å². The Kier molecular flexibility index (Phi) is 2.45. The molecule has 72 valence electrons. The van der Waals surface area contributed by atoms with Crippen LogP contribution in [0.1, 0.15) is 26.8 Å². The molecule has 0 saturated carbocycles. The average Bonchev–Trinajstić information content (AvgIpc) is 2.34. The molecule has 0 aliphatic heterocycles. The molecule has 0 amide bonds. The van der Waals surface area contributed by atoms with Crippen LogP contribution in [0.15, 0.2) is 24.5 Å². The molecule has 0 aliphatic carbocycles. The molecule has 1 aromatic rings. The summed E-state index contributed by atoms with van der Waals surface area (Å²) in [7, 11) is 0. The molecule has 1 rings (SSSR count). The third kappa shape index (κ3) is 2.11. The Hall–Kier alpha value is -1.25. The van der Waals surface area contributed by atoms with Gasteiger partial charge in [0.05, 0.1) is 0 Å². The van der Waals surface area contributed by atoms with Crippen molar-refractivity contribution in [3.05, 3.63) is 24.5 Å².